The molecule has 0 radical (unpaired) electrons. The molecule has 3 nitrogen and oxygen atoms in total. The maximum absolute atomic E-state index is 9.24. The average molecular weight is 227 g/mol. The molecule has 0 unspecified atom stereocenters. The largest absolute Gasteiger partial charge is 0.508 e. The highest BCUT2D eigenvalue weighted by Gasteiger charge is 2.11. The number of aromatic hydroxyl groups is 1. The van der Waals surface area contributed by atoms with E-state index in [-0.39, 0.29) is 5.75 Å². The summed E-state index contributed by atoms with van der Waals surface area (Å²) in [6.45, 7) is 5.04. The number of rotatable bonds is 2. The van der Waals surface area contributed by atoms with Gasteiger partial charge in [-0.1, -0.05) is 17.7 Å². The third-order valence-corrected chi connectivity index (χ3v) is 2.99. The van der Waals surface area contributed by atoms with Gasteiger partial charge >= 0.3 is 0 Å². The molecule has 1 aromatic rings. The van der Waals surface area contributed by atoms with Crippen molar-refractivity contribution in [1.29, 1.82) is 0 Å². The van der Waals surface area contributed by atoms with Crippen LogP contribution in [-0.4, -0.2) is 36.2 Å². The molecular weight excluding hydrogens is 212 g/mol. The Morgan fingerprint density at radius 2 is 2.07 bits per heavy atom. The van der Waals surface area contributed by atoms with Crippen molar-refractivity contribution in [2.24, 2.45) is 0 Å². The lowest BCUT2D eigenvalue weighted by Gasteiger charge is -2.27. The molecule has 82 valence electrons. The lowest BCUT2D eigenvalue weighted by atomic mass is 10.2. The van der Waals surface area contributed by atoms with Crippen LogP contribution in [0.25, 0.3) is 0 Å². The summed E-state index contributed by atoms with van der Waals surface area (Å²) in [5.74, 6) is 0.226. The van der Waals surface area contributed by atoms with Crippen LogP contribution in [0.1, 0.15) is 5.56 Å². The Morgan fingerprint density at radius 1 is 1.33 bits per heavy atom. The number of nitrogens with one attached hydrogen (secondary N) is 1. The molecular formula is C11H15ClN2O. The normalized spacial score (nSPS) is 17.9. The Balaban J connectivity index is 2.03. The lowest BCUT2D eigenvalue weighted by Crippen LogP contribution is -2.42. The number of phenolic OH excluding ortho intramolecular Hbond substituents is 1. The van der Waals surface area contributed by atoms with Crippen LogP contribution in [0.4, 0.5) is 0 Å². The summed E-state index contributed by atoms with van der Waals surface area (Å²) in [6, 6.07) is 5.17. The number of phenols is 1. The first-order valence-electron chi connectivity index (χ1n) is 5.16. The molecule has 0 aromatic heterocycles. The lowest BCUT2D eigenvalue weighted by molar-refractivity contribution is 0.233. The van der Waals surface area contributed by atoms with Gasteiger partial charge in [-0.05, 0) is 17.7 Å². The van der Waals surface area contributed by atoms with Gasteiger partial charge in [-0.2, -0.15) is 0 Å². The first-order chi connectivity index (χ1) is 7.25. The summed E-state index contributed by atoms with van der Waals surface area (Å²) in [7, 11) is 0. The number of hydrogen-bond donors (Lipinski definition) is 2. The monoisotopic (exact) mass is 226 g/mol. The Morgan fingerprint density at radius 3 is 2.73 bits per heavy atom. The van der Waals surface area contributed by atoms with Gasteiger partial charge in [0.25, 0.3) is 0 Å². The van der Waals surface area contributed by atoms with Crippen molar-refractivity contribution in [3.05, 3.63) is 28.8 Å². The molecule has 1 aromatic carbocycles. The molecule has 0 atom stereocenters. The van der Waals surface area contributed by atoms with E-state index in [1.54, 1.807) is 12.1 Å². The molecule has 1 aliphatic rings. The van der Waals surface area contributed by atoms with E-state index in [0.717, 1.165) is 38.3 Å². The van der Waals surface area contributed by atoms with Gasteiger partial charge in [-0.25, -0.2) is 0 Å². The minimum absolute atomic E-state index is 0.226. The number of hydrogen-bond acceptors (Lipinski definition) is 3. The topological polar surface area (TPSA) is 35.5 Å². The second kappa shape index (κ2) is 4.84. The zero-order valence-electron chi connectivity index (χ0n) is 8.54. The van der Waals surface area contributed by atoms with Crippen LogP contribution in [0.3, 0.4) is 0 Å². The minimum atomic E-state index is 0.226. The Kier molecular flexibility index (Phi) is 3.46. The highest BCUT2D eigenvalue weighted by molar-refractivity contribution is 6.31. The highest BCUT2D eigenvalue weighted by atomic mass is 35.5. The fourth-order valence-electron chi connectivity index (χ4n) is 1.77. The van der Waals surface area contributed by atoms with E-state index >= 15 is 0 Å². The smallest absolute Gasteiger partial charge is 0.117 e. The molecule has 0 saturated carbocycles. The number of halogens is 1. The molecule has 1 fully saturated rings. The molecule has 15 heavy (non-hydrogen) atoms. The average Bonchev–Trinajstić information content (AvgIpc) is 2.24. The van der Waals surface area contributed by atoms with E-state index in [1.165, 1.54) is 0 Å². The highest BCUT2D eigenvalue weighted by Crippen LogP contribution is 2.22. The van der Waals surface area contributed by atoms with Crippen LogP contribution < -0.4 is 5.32 Å². The predicted octanol–water partition coefficient (Wildman–Crippen LogP) is 1.45. The summed E-state index contributed by atoms with van der Waals surface area (Å²) in [5.41, 5.74) is 1.08. The van der Waals surface area contributed by atoms with Gasteiger partial charge in [0.15, 0.2) is 0 Å². The first-order valence-corrected chi connectivity index (χ1v) is 5.54. The second-order valence-corrected chi connectivity index (χ2v) is 4.21. The molecule has 1 heterocycles. The maximum Gasteiger partial charge on any atom is 0.117 e. The van der Waals surface area contributed by atoms with Gasteiger partial charge in [0.1, 0.15) is 5.75 Å². The SMILES string of the molecule is Oc1ccc(CN2CCNCC2)c(Cl)c1. The van der Waals surface area contributed by atoms with Crippen molar-refractivity contribution in [3.8, 4) is 5.75 Å². The predicted molar refractivity (Wildman–Crippen MR) is 61.3 cm³/mol. The van der Waals surface area contributed by atoms with E-state index in [4.69, 9.17) is 11.6 Å². The van der Waals surface area contributed by atoms with Gasteiger partial charge in [-0.15, -0.1) is 0 Å². The van der Waals surface area contributed by atoms with Crippen molar-refractivity contribution in [2.75, 3.05) is 26.2 Å². The first kappa shape index (κ1) is 10.7. The van der Waals surface area contributed by atoms with E-state index in [2.05, 4.69) is 10.2 Å². The molecule has 1 aliphatic heterocycles. The van der Waals surface area contributed by atoms with Crippen LogP contribution in [0.15, 0.2) is 18.2 Å². The van der Waals surface area contributed by atoms with Crippen molar-refractivity contribution in [2.45, 2.75) is 6.54 Å². The van der Waals surface area contributed by atoms with Gasteiger partial charge in [0, 0.05) is 37.7 Å². The molecule has 0 amide bonds. The van der Waals surface area contributed by atoms with Crippen LogP contribution in [0, 0.1) is 0 Å². The molecule has 1 saturated heterocycles. The Bertz CT molecular complexity index is 337. The quantitative estimate of drug-likeness (QED) is 0.802. The summed E-state index contributed by atoms with van der Waals surface area (Å²) in [6.07, 6.45) is 0. The fourth-order valence-corrected chi connectivity index (χ4v) is 2.01. The van der Waals surface area contributed by atoms with Crippen LogP contribution in [0.5, 0.6) is 5.75 Å². The number of nitrogens with zero attached hydrogens (tertiary/aromatic N) is 1. The third-order valence-electron chi connectivity index (χ3n) is 2.64. The standard InChI is InChI=1S/C11H15ClN2O/c12-11-7-10(15)2-1-9(11)8-14-5-3-13-4-6-14/h1-2,7,13,15H,3-6,8H2. The Labute approximate surface area is 94.7 Å². The summed E-state index contributed by atoms with van der Waals surface area (Å²) in [5, 5.41) is 13.2. The van der Waals surface area contributed by atoms with Crippen molar-refractivity contribution < 1.29 is 5.11 Å². The van der Waals surface area contributed by atoms with E-state index in [1.807, 2.05) is 6.07 Å². The molecule has 0 aliphatic carbocycles. The second-order valence-electron chi connectivity index (χ2n) is 3.80. The maximum atomic E-state index is 9.24. The molecule has 0 bridgehead atoms. The van der Waals surface area contributed by atoms with Crippen LogP contribution in [0.2, 0.25) is 5.02 Å². The third kappa shape index (κ3) is 2.84. The molecule has 2 N–H and O–H groups in total. The van der Waals surface area contributed by atoms with E-state index in [9.17, 15) is 5.11 Å². The summed E-state index contributed by atoms with van der Waals surface area (Å²) >= 11 is 6.05. The molecule has 2 rings (SSSR count). The summed E-state index contributed by atoms with van der Waals surface area (Å²) < 4.78 is 0. The number of benzene rings is 1. The van der Waals surface area contributed by atoms with Gasteiger partial charge in [0.2, 0.25) is 0 Å². The van der Waals surface area contributed by atoms with Gasteiger partial charge in [-0.3, -0.25) is 4.90 Å². The fraction of sp³-hybridized carbons (Fsp3) is 0.455. The van der Waals surface area contributed by atoms with Gasteiger partial charge < -0.3 is 10.4 Å². The van der Waals surface area contributed by atoms with Crippen LogP contribution >= 0.6 is 11.6 Å². The Hall–Kier alpha value is -0.770. The zero-order chi connectivity index (χ0) is 10.7. The minimum Gasteiger partial charge on any atom is -0.508 e. The molecule has 0 spiro atoms. The summed E-state index contributed by atoms with van der Waals surface area (Å²) in [4.78, 5) is 2.36. The van der Waals surface area contributed by atoms with E-state index in [0.29, 0.717) is 5.02 Å². The number of piperazine rings is 1. The van der Waals surface area contributed by atoms with Gasteiger partial charge in [0.05, 0.1) is 0 Å². The van der Waals surface area contributed by atoms with Crippen molar-refractivity contribution >= 4 is 11.6 Å². The zero-order valence-corrected chi connectivity index (χ0v) is 9.30. The van der Waals surface area contributed by atoms with Crippen LogP contribution in [-0.2, 0) is 6.54 Å². The van der Waals surface area contributed by atoms with Crippen molar-refractivity contribution in [1.82, 2.24) is 10.2 Å². The van der Waals surface area contributed by atoms with Crippen molar-refractivity contribution in [3.63, 3.8) is 0 Å². The molecule has 4 heteroatoms. The van der Waals surface area contributed by atoms with E-state index < -0.39 is 0 Å².